The lowest BCUT2D eigenvalue weighted by Crippen LogP contribution is -2.58. The number of aliphatic hydroxyl groups excluding tert-OH is 2. The van der Waals surface area contributed by atoms with E-state index in [9.17, 15) is 39.6 Å². The molecule has 0 spiro atoms. The maximum Gasteiger partial charge on any atom is 0.255 e. The predicted molar refractivity (Wildman–Crippen MR) is 110 cm³/mol. The van der Waals surface area contributed by atoms with E-state index in [1.165, 1.54) is 18.2 Å². The van der Waals surface area contributed by atoms with E-state index in [0.29, 0.717) is 11.1 Å². The monoisotopic (exact) mass is 440 g/mol. The summed E-state index contributed by atoms with van der Waals surface area (Å²) in [6.45, 7) is 0. The SMILES string of the molecule is NC(=O)C=Cc1ccc(O)c2c1C[C@H]1C[C@H]3CC(=O)C(C(N)=O)=C(O)[C@@]3(O)C(=O)C1=C2O. The molecule has 1 saturated carbocycles. The predicted octanol–water partition coefficient (Wildman–Crippen LogP) is -0.0776. The van der Waals surface area contributed by atoms with Gasteiger partial charge < -0.3 is 31.9 Å². The lowest BCUT2D eigenvalue weighted by Gasteiger charge is -2.46. The first kappa shape index (κ1) is 21.3. The highest BCUT2D eigenvalue weighted by atomic mass is 16.3. The van der Waals surface area contributed by atoms with Crippen LogP contribution >= 0.6 is 0 Å². The number of nitrogens with two attached hydrogens (primary N) is 2. The molecule has 0 heterocycles. The standard InChI is InChI=1S/C22H20N2O8/c23-14(27)4-2-8-1-3-12(25)16-11(8)6-9-5-10-7-13(26)17(21(24)31)20(30)22(10,32)19(29)15(9)18(16)28/h1-4,9-10,25,28,30,32H,5-7H2,(H2,23,27)(H2,24,31)/t9-,10+,22+/m1/s1. The summed E-state index contributed by atoms with van der Waals surface area (Å²) in [5.74, 6) is -7.57. The summed E-state index contributed by atoms with van der Waals surface area (Å²) in [6.07, 6.45) is 2.30. The van der Waals surface area contributed by atoms with Crippen LogP contribution in [0.25, 0.3) is 11.8 Å². The van der Waals surface area contributed by atoms with Crippen molar-refractivity contribution < 1.29 is 39.6 Å². The van der Waals surface area contributed by atoms with Gasteiger partial charge >= 0.3 is 0 Å². The first-order chi connectivity index (χ1) is 15.0. The van der Waals surface area contributed by atoms with Gasteiger partial charge in [-0.2, -0.15) is 0 Å². The summed E-state index contributed by atoms with van der Waals surface area (Å²) in [5.41, 5.74) is 7.50. The van der Waals surface area contributed by atoms with Crippen LogP contribution in [0.15, 0.2) is 35.1 Å². The number of hydrogen-bond acceptors (Lipinski definition) is 8. The number of amides is 2. The zero-order chi connectivity index (χ0) is 23.5. The van der Waals surface area contributed by atoms with Crippen molar-refractivity contribution in [3.63, 3.8) is 0 Å². The van der Waals surface area contributed by atoms with Crippen molar-refractivity contribution in [3.05, 3.63) is 51.8 Å². The van der Waals surface area contributed by atoms with E-state index >= 15 is 0 Å². The van der Waals surface area contributed by atoms with Crippen LogP contribution in [0.5, 0.6) is 5.75 Å². The van der Waals surface area contributed by atoms with Crippen molar-refractivity contribution in [1.82, 2.24) is 0 Å². The third-order valence-corrected chi connectivity index (χ3v) is 6.41. The summed E-state index contributed by atoms with van der Waals surface area (Å²) in [7, 11) is 0. The third-order valence-electron chi connectivity index (χ3n) is 6.41. The normalized spacial score (nSPS) is 27.3. The number of ketones is 2. The fourth-order valence-corrected chi connectivity index (χ4v) is 4.97. The molecule has 1 aromatic carbocycles. The van der Waals surface area contributed by atoms with E-state index in [4.69, 9.17) is 11.5 Å². The highest BCUT2D eigenvalue weighted by Gasteiger charge is 2.60. The Morgan fingerprint density at radius 1 is 1.09 bits per heavy atom. The van der Waals surface area contributed by atoms with Gasteiger partial charge in [0.1, 0.15) is 22.8 Å². The summed E-state index contributed by atoms with van der Waals surface area (Å²) in [4.78, 5) is 48.4. The number of aliphatic hydroxyl groups is 3. The summed E-state index contributed by atoms with van der Waals surface area (Å²) in [5, 5.41) is 43.0. The maximum atomic E-state index is 13.4. The Kier molecular flexibility index (Phi) is 4.70. The largest absolute Gasteiger partial charge is 0.508 e. The Bertz CT molecular complexity index is 1210. The molecule has 0 radical (unpaired) electrons. The molecule has 0 unspecified atom stereocenters. The van der Waals surface area contributed by atoms with E-state index < -0.39 is 64.3 Å². The first-order valence-electron chi connectivity index (χ1n) is 9.78. The number of phenolic OH excluding ortho intramolecular Hbond substituents is 1. The third kappa shape index (κ3) is 2.83. The first-order valence-corrected chi connectivity index (χ1v) is 9.78. The van der Waals surface area contributed by atoms with Gasteiger partial charge in [-0.3, -0.25) is 19.2 Å². The molecule has 4 rings (SSSR count). The molecule has 0 aromatic heterocycles. The molecule has 0 aliphatic heterocycles. The smallest absolute Gasteiger partial charge is 0.255 e. The van der Waals surface area contributed by atoms with Crippen molar-refractivity contribution in [2.45, 2.75) is 24.9 Å². The molecule has 2 amide bonds. The molecule has 8 N–H and O–H groups in total. The average molecular weight is 440 g/mol. The Morgan fingerprint density at radius 2 is 1.78 bits per heavy atom. The van der Waals surface area contributed by atoms with Crippen LogP contribution in [-0.2, 0) is 25.6 Å². The number of aromatic hydroxyl groups is 1. The van der Waals surface area contributed by atoms with E-state index in [-0.39, 0.29) is 29.7 Å². The number of primary amides is 2. The van der Waals surface area contributed by atoms with Gasteiger partial charge in [0, 0.05) is 24.0 Å². The van der Waals surface area contributed by atoms with Gasteiger partial charge in [-0.05, 0) is 42.0 Å². The van der Waals surface area contributed by atoms with Crippen LogP contribution < -0.4 is 11.5 Å². The zero-order valence-corrected chi connectivity index (χ0v) is 16.7. The highest BCUT2D eigenvalue weighted by molar-refractivity contribution is 6.22. The molecule has 32 heavy (non-hydrogen) atoms. The summed E-state index contributed by atoms with van der Waals surface area (Å²) >= 11 is 0. The Morgan fingerprint density at radius 3 is 2.41 bits per heavy atom. The van der Waals surface area contributed by atoms with Crippen molar-refractivity contribution in [2.75, 3.05) is 0 Å². The molecule has 0 bridgehead atoms. The van der Waals surface area contributed by atoms with Gasteiger partial charge in [0.15, 0.2) is 11.4 Å². The molecule has 3 aliphatic rings. The van der Waals surface area contributed by atoms with Crippen molar-refractivity contribution in [1.29, 1.82) is 0 Å². The molecule has 0 saturated heterocycles. The van der Waals surface area contributed by atoms with Crippen LogP contribution in [0.3, 0.4) is 0 Å². The van der Waals surface area contributed by atoms with Gasteiger partial charge in [-0.1, -0.05) is 6.07 Å². The Balaban J connectivity index is 1.92. The highest BCUT2D eigenvalue weighted by Crippen LogP contribution is 2.52. The van der Waals surface area contributed by atoms with Gasteiger partial charge in [-0.25, -0.2) is 0 Å². The summed E-state index contributed by atoms with van der Waals surface area (Å²) < 4.78 is 0. The van der Waals surface area contributed by atoms with E-state index in [2.05, 4.69) is 0 Å². The number of Topliss-reactive ketones (excluding diaryl/α,β-unsaturated/α-hetero) is 2. The fourth-order valence-electron chi connectivity index (χ4n) is 4.97. The number of carbonyl (C=O) groups is 4. The van der Waals surface area contributed by atoms with Crippen molar-refractivity contribution in [2.24, 2.45) is 23.3 Å². The van der Waals surface area contributed by atoms with Crippen LogP contribution in [0.1, 0.15) is 29.5 Å². The van der Waals surface area contributed by atoms with E-state index in [1.54, 1.807) is 0 Å². The number of fused-ring (bicyclic) bond motifs is 3. The number of carbonyl (C=O) groups excluding carboxylic acids is 4. The molecule has 3 aliphatic carbocycles. The van der Waals surface area contributed by atoms with Gasteiger partial charge in [-0.15, -0.1) is 0 Å². The Hall–Kier alpha value is -3.92. The maximum absolute atomic E-state index is 13.4. The van der Waals surface area contributed by atoms with Crippen molar-refractivity contribution >= 4 is 35.2 Å². The number of benzene rings is 1. The van der Waals surface area contributed by atoms with Gasteiger partial charge in [0.2, 0.25) is 11.7 Å². The molecule has 166 valence electrons. The number of hydrogen-bond donors (Lipinski definition) is 6. The van der Waals surface area contributed by atoms with Crippen LogP contribution in [0, 0.1) is 11.8 Å². The topological polar surface area (TPSA) is 201 Å². The number of rotatable bonds is 3. The molecular weight excluding hydrogens is 420 g/mol. The molecular formula is C22H20N2O8. The number of phenols is 1. The van der Waals surface area contributed by atoms with Gasteiger partial charge in [0.25, 0.3) is 5.91 Å². The second kappa shape index (κ2) is 7.06. The minimum Gasteiger partial charge on any atom is -0.508 e. The van der Waals surface area contributed by atoms with E-state index in [0.717, 1.165) is 6.08 Å². The lowest BCUT2D eigenvalue weighted by molar-refractivity contribution is -0.147. The van der Waals surface area contributed by atoms with Crippen LogP contribution in [0.2, 0.25) is 0 Å². The molecule has 3 atom stereocenters. The minimum absolute atomic E-state index is 0.0253. The van der Waals surface area contributed by atoms with E-state index in [1.807, 2.05) is 0 Å². The fraction of sp³-hybridized carbons (Fsp3) is 0.273. The Labute approximate surface area is 181 Å². The molecule has 1 aromatic rings. The second-order valence-corrected chi connectivity index (χ2v) is 8.17. The minimum atomic E-state index is -2.60. The lowest BCUT2D eigenvalue weighted by atomic mass is 9.59. The van der Waals surface area contributed by atoms with Gasteiger partial charge in [0.05, 0.1) is 5.56 Å². The quantitative estimate of drug-likeness (QED) is 0.277. The van der Waals surface area contributed by atoms with Crippen molar-refractivity contribution in [3.8, 4) is 5.75 Å². The molecule has 10 heteroatoms. The zero-order valence-electron chi connectivity index (χ0n) is 16.7. The summed E-state index contributed by atoms with van der Waals surface area (Å²) in [6, 6.07) is 2.79. The second-order valence-electron chi connectivity index (χ2n) is 8.17. The molecule has 1 fully saturated rings. The van der Waals surface area contributed by atoms with Crippen LogP contribution in [-0.4, -0.2) is 49.4 Å². The van der Waals surface area contributed by atoms with Crippen LogP contribution in [0.4, 0.5) is 0 Å². The average Bonchev–Trinajstić information content (AvgIpc) is 2.69. The molecule has 10 nitrogen and oxygen atoms in total.